The van der Waals surface area contributed by atoms with Crippen LogP contribution in [0.5, 0.6) is 0 Å². The van der Waals surface area contributed by atoms with Crippen molar-refractivity contribution in [2.75, 3.05) is 6.61 Å². The van der Waals surface area contributed by atoms with E-state index in [-0.39, 0.29) is 18.3 Å². The lowest BCUT2D eigenvalue weighted by Crippen LogP contribution is -1.88. The zero-order valence-electron chi connectivity index (χ0n) is 4.37. The normalized spacial score (nSPS) is 35.5. The third kappa shape index (κ3) is 0.743. The standard InChI is InChI=1S/C5H8O3/c6-2-1-3-4(7)5(3)8/h3-4,6-7H,1-2H2. The van der Waals surface area contributed by atoms with E-state index in [4.69, 9.17) is 10.2 Å². The smallest absolute Gasteiger partial charge is 0.168 e. The van der Waals surface area contributed by atoms with E-state index in [0.717, 1.165) is 0 Å². The van der Waals surface area contributed by atoms with Crippen molar-refractivity contribution in [2.24, 2.45) is 5.92 Å². The molecule has 46 valence electrons. The van der Waals surface area contributed by atoms with Gasteiger partial charge < -0.3 is 10.2 Å². The molecule has 0 aliphatic heterocycles. The molecule has 1 saturated carbocycles. The molecule has 3 nitrogen and oxygen atoms in total. The minimum absolute atomic E-state index is 0.00648. The first kappa shape index (κ1) is 5.72. The summed E-state index contributed by atoms with van der Waals surface area (Å²) in [5.41, 5.74) is 0. The van der Waals surface area contributed by atoms with E-state index in [1.165, 1.54) is 0 Å². The first-order chi connectivity index (χ1) is 3.77. The van der Waals surface area contributed by atoms with Crippen LogP contribution in [0.15, 0.2) is 0 Å². The van der Waals surface area contributed by atoms with Crippen molar-refractivity contribution in [1.29, 1.82) is 0 Å². The molecule has 0 aromatic heterocycles. The van der Waals surface area contributed by atoms with Gasteiger partial charge in [0.25, 0.3) is 0 Å². The highest BCUT2D eigenvalue weighted by atomic mass is 16.3. The number of Topliss-reactive ketones (excluding diaryl/α,β-unsaturated/α-hetero) is 1. The van der Waals surface area contributed by atoms with E-state index in [0.29, 0.717) is 6.42 Å². The number of carbonyl (C=O) groups excluding carboxylic acids is 1. The van der Waals surface area contributed by atoms with Crippen LogP contribution in [0.4, 0.5) is 0 Å². The summed E-state index contributed by atoms with van der Waals surface area (Å²) in [6, 6.07) is 0. The predicted octanol–water partition coefficient (Wildman–Crippen LogP) is -1.07. The fraction of sp³-hybridized carbons (Fsp3) is 0.800. The Morgan fingerprint density at radius 3 is 2.25 bits per heavy atom. The number of rotatable bonds is 2. The predicted molar refractivity (Wildman–Crippen MR) is 26.2 cm³/mol. The zero-order chi connectivity index (χ0) is 6.15. The number of hydrogen-bond acceptors (Lipinski definition) is 3. The number of carbonyl (C=O) groups is 1. The Labute approximate surface area is 46.9 Å². The monoisotopic (exact) mass is 116 g/mol. The number of aliphatic hydroxyl groups excluding tert-OH is 2. The Morgan fingerprint density at radius 1 is 1.62 bits per heavy atom. The molecule has 1 aliphatic rings. The van der Waals surface area contributed by atoms with E-state index in [2.05, 4.69) is 0 Å². The highest BCUT2D eigenvalue weighted by Gasteiger charge is 2.46. The van der Waals surface area contributed by atoms with Crippen molar-refractivity contribution in [3.8, 4) is 0 Å². The summed E-state index contributed by atoms with van der Waals surface area (Å²) in [7, 11) is 0. The lowest BCUT2D eigenvalue weighted by Gasteiger charge is -1.83. The highest BCUT2D eigenvalue weighted by Crippen LogP contribution is 2.27. The molecule has 2 atom stereocenters. The molecule has 0 spiro atoms. The van der Waals surface area contributed by atoms with Gasteiger partial charge in [0.05, 0.1) is 5.92 Å². The first-order valence-corrected chi connectivity index (χ1v) is 2.60. The maximum Gasteiger partial charge on any atom is 0.168 e. The van der Waals surface area contributed by atoms with Crippen LogP contribution in [0.25, 0.3) is 0 Å². The molecule has 3 heteroatoms. The van der Waals surface area contributed by atoms with Gasteiger partial charge in [-0.15, -0.1) is 0 Å². The third-order valence-electron chi connectivity index (χ3n) is 1.37. The van der Waals surface area contributed by atoms with Crippen LogP contribution >= 0.6 is 0 Å². The molecule has 0 heterocycles. The van der Waals surface area contributed by atoms with Crippen LogP contribution in [0.2, 0.25) is 0 Å². The van der Waals surface area contributed by atoms with Crippen LogP contribution in [0, 0.1) is 5.92 Å². The van der Waals surface area contributed by atoms with Crippen molar-refractivity contribution in [3.63, 3.8) is 0 Å². The molecule has 8 heavy (non-hydrogen) atoms. The Kier molecular flexibility index (Phi) is 1.31. The van der Waals surface area contributed by atoms with Crippen LogP contribution in [0.1, 0.15) is 6.42 Å². The molecule has 0 radical (unpaired) electrons. The minimum Gasteiger partial charge on any atom is -0.396 e. The second kappa shape index (κ2) is 1.84. The summed E-state index contributed by atoms with van der Waals surface area (Å²) in [5.74, 6) is -0.376. The van der Waals surface area contributed by atoms with Crippen LogP contribution in [-0.4, -0.2) is 28.7 Å². The number of ketones is 1. The summed E-state index contributed by atoms with van der Waals surface area (Å²) < 4.78 is 0. The largest absolute Gasteiger partial charge is 0.396 e. The maximum absolute atomic E-state index is 10.2. The van der Waals surface area contributed by atoms with Gasteiger partial charge in [-0.25, -0.2) is 0 Å². The fourth-order valence-corrected chi connectivity index (χ4v) is 0.716. The molecule has 0 aromatic rings. The molecular formula is C5H8O3. The van der Waals surface area contributed by atoms with Gasteiger partial charge in [-0.05, 0) is 6.42 Å². The second-order valence-corrected chi connectivity index (χ2v) is 1.97. The van der Waals surface area contributed by atoms with Crippen LogP contribution in [0.3, 0.4) is 0 Å². The SMILES string of the molecule is O=C1C(O)C1CCO. The minimum atomic E-state index is -0.762. The Balaban J connectivity index is 2.23. The number of hydrogen-bond donors (Lipinski definition) is 2. The van der Waals surface area contributed by atoms with Gasteiger partial charge in [0.2, 0.25) is 0 Å². The summed E-state index contributed by atoms with van der Waals surface area (Å²) in [6.45, 7) is -0.00648. The van der Waals surface area contributed by atoms with E-state index in [9.17, 15) is 4.79 Å². The van der Waals surface area contributed by atoms with Gasteiger partial charge in [-0.2, -0.15) is 0 Å². The quantitative estimate of drug-likeness (QED) is 0.483. The molecule has 1 aliphatic carbocycles. The molecule has 2 unspecified atom stereocenters. The summed E-state index contributed by atoms with van der Waals surface area (Å²) in [6.07, 6.45) is -0.345. The Bertz CT molecular complexity index is 110. The van der Waals surface area contributed by atoms with Crippen molar-refractivity contribution < 1.29 is 15.0 Å². The average molecular weight is 116 g/mol. The summed E-state index contributed by atoms with van der Waals surface area (Å²) in [5, 5.41) is 16.8. The highest BCUT2D eigenvalue weighted by molar-refractivity contribution is 6.01. The fourth-order valence-electron chi connectivity index (χ4n) is 0.716. The summed E-state index contributed by atoms with van der Waals surface area (Å²) >= 11 is 0. The zero-order valence-corrected chi connectivity index (χ0v) is 4.37. The molecule has 2 N–H and O–H groups in total. The first-order valence-electron chi connectivity index (χ1n) is 2.60. The Hall–Kier alpha value is -0.410. The van der Waals surface area contributed by atoms with E-state index in [1.807, 2.05) is 0 Å². The van der Waals surface area contributed by atoms with Gasteiger partial charge in [-0.3, -0.25) is 4.79 Å². The van der Waals surface area contributed by atoms with Crippen LogP contribution in [-0.2, 0) is 4.79 Å². The van der Waals surface area contributed by atoms with E-state index in [1.54, 1.807) is 0 Å². The van der Waals surface area contributed by atoms with Crippen molar-refractivity contribution in [2.45, 2.75) is 12.5 Å². The third-order valence-corrected chi connectivity index (χ3v) is 1.37. The van der Waals surface area contributed by atoms with Gasteiger partial charge >= 0.3 is 0 Å². The molecule has 0 aromatic carbocycles. The van der Waals surface area contributed by atoms with Crippen molar-refractivity contribution >= 4 is 5.78 Å². The van der Waals surface area contributed by atoms with E-state index >= 15 is 0 Å². The maximum atomic E-state index is 10.2. The van der Waals surface area contributed by atoms with Crippen molar-refractivity contribution in [1.82, 2.24) is 0 Å². The molecule has 0 bridgehead atoms. The van der Waals surface area contributed by atoms with Gasteiger partial charge in [-0.1, -0.05) is 0 Å². The number of aliphatic hydroxyl groups is 2. The lowest BCUT2D eigenvalue weighted by molar-refractivity contribution is -0.113. The Morgan fingerprint density at radius 2 is 2.12 bits per heavy atom. The van der Waals surface area contributed by atoms with Gasteiger partial charge in [0.15, 0.2) is 5.78 Å². The van der Waals surface area contributed by atoms with E-state index < -0.39 is 6.10 Å². The van der Waals surface area contributed by atoms with Crippen molar-refractivity contribution in [3.05, 3.63) is 0 Å². The topological polar surface area (TPSA) is 57.5 Å². The molecule has 1 rings (SSSR count). The lowest BCUT2D eigenvalue weighted by atomic mass is 10.3. The second-order valence-electron chi connectivity index (χ2n) is 1.97. The molecule has 0 saturated heterocycles. The summed E-state index contributed by atoms with van der Waals surface area (Å²) in [4.78, 5) is 10.2. The van der Waals surface area contributed by atoms with Gasteiger partial charge in [0.1, 0.15) is 6.10 Å². The van der Waals surface area contributed by atoms with Crippen LogP contribution < -0.4 is 0 Å². The molecule has 0 amide bonds. The average Bonchev–Trinajstić information content (AvgIpc) is 2.25. The molecular weight excluding hydrogens is 108 g/mol. The van der Waals surface area contributed by atoms with Gasteiger partial charge in [0, 0.05) is 6.61 Å². The molecule has 1 fully saturated rings.